The average molecular weight is 464 g/mol. The quantitative estimate of drug-likeness (QED) is 0.465. The molecule has 170 valence electrons. The predicted octanol–water partition coefficient (Wildman–Crippen LogP) is 2.77. The number of aromatic nitrogens is 4. The van der Waals surface area contributed by atoms with Gasteiger partial charge in [-0.2, -0.15) is 5.26 Å². The summed E-state index contributed by atoms with van der Waals surface area (Å²) in [6.45, 7) is 3.40. The van der Waals surface area contributed by atoms with Crippen LogP contribution in [-0.2, 0) is 16.4 Å². The Labute approximate surface area is 191 Å². The summed E-state index contributed by atoms with van der Waals surface area (Å²) in [5.74, 6) is 0.953. The Morgan fingerprint density at radius 1 is 1.21 bits per heavy atom. The molecule has 3 N–H and O–H groups in total. The first-order chi connectivity index (χ1) is 16.0. The van der Waals surface area contributed by atoms with Crippen molar-refractivity contribution in [3.63, 3.8) is 0 Å². The molecule has 0 unspecified atom stereocenters. The molecule has 4 heterocycles. The summed E-state index contributed by atoms with van der Waals surface area (Å²) in [5, 5.41) is 11.9. The lowest BCUT2D eigenvalue weighted by atomic mass is 9.95. The van der Waals surface area contributed by atoms with Crippen LogP contribution in [0, 0.1) is 24.2 Å². The monoisotopic (exact) mass is 463 g/mol. The second-order valence-corrected chi connectivity index (χ2v) is 10.3. The molecule has 0 radical (unpaired) electrons. The minimum absolute atomic E-state index is 0.0745. The fraction of sp³-hybridized carbons (Fsp3) is 0.348. The molecule has 33 heavy (non-hydrogen) atoms. The number of imidazole rings is 1. The van der Waals surface area contributed by atoms with E-state index in [4.69, 9.17) is 16.0 Å². The van der Waals surface area contributed by atoms with Crippen LogP contribution in [0.15, 0.2) is 46.5 Å². The van der Waals surface area contributed by atoms with Crippen molar-refractivity contribution in [3.05, 3.63) is 47.9 Å². The number of piperidine rings is 1. The minimum atomic E-state index is -3.93. The molecule has 1 fully saturated rings. The summed E-state index contributed by atoms with van der Waals surface area (Å²) >= 11 is 0. The normalized spacial score (nSPS) is 15.4. The van der Waals surface area contributed by atoms with Gasteiger partial charge in [0.2, 0.25) is 9.84 Å². The number of nitrogens with zero attached hydrogens (tertiary/aromatic N) is 5. The number of pyridine rings is 1. The lowest BCUT2D eigenvalue weighted by Crippen LogP contribution is -2.42. The van der Waals surface area contributed by atoms with Crippen molar-refractivity contribution in [2.75, 3.05) is 18.1 Å². The van der Waals surface area contributed by atoms with Crippen LogP contribution in [0.3, 0.4) is 0 Å². The molecule has 1 aliphatic rings. The molecule has 0 spiro atoms. The maximum absolute atomic E-state index is 13.7. The third-order valence-corrected chi connectivity index (χ3v) is 8.22. The molecule has 0 aliphatic carbocycles. The van der Waals surface area contributed by atoms with Crippen LogP contribution < -0.4 is 10.7 Å². The van der Waals surface area contributed by atoms with Gasteiger partial charge < -0.3 is 15.7 Å². The zero-order valence-corrected chi connectivity index (χ0v) is 19.1. The number of H-pyrrole nitrogens is 1. The number of hydrogen-bond acceptors (Lipinski definition) is 7. The molecule has 0 atom stereocenters. The van der Waals surface area contributed by atoms with Gasteiger partial charge in [0, 0.05) is 31.1 Å². The molecule has 4 aromatic rings. The highest BCUT2D eigenvalue weighted by atomic mass is 32.2. The summed E-state index contributed by atoms with van der Waals surface area (Å²) in [6.07, 6.45) is 4.06. The number of fused-ring (bicyclic) bond motifs is 3. The number of aryl methyl sites for hydroxylation is 1. The summed E-state index contributed by atoms with van der Waals surface area (Å²) in [4.78, 5) is 12.5. The summed E-state index contributed by atoms with van der Waals surface area (Å²) < 4.78 is 29.4. The van der Waals surface area contributed by atoms with E-state index in [1.165, 1.54) is 0 Å². The van der Waals surface area contributed by atoms with Gasteiger partial charge in [-0.3, -0.25) is 0 Å². The Morgan fingerprint density at radius 3 is 2.67 bits per heavy atom. The maximum atomic E-state index is 13.7. The first-order valence-corrected chi connectivity index (χ1v) is 12.5. The van der Waals surface area contributed by atoms with E-state index in [0.717, 1.165) is 31.3 Å². The van der Waals surface area contributed by atoms with E-state index < -0.39 is 9.84 Å². The van der Waals surface area contributed by atoms with Gasteiger partial charge in [-0.15, -0.1) is 0 Å². The van der Waals surface area contributed by atoms with Crippen molar-refractivity contribution >= 4 is 31.9 Å². The Bertz CT molecular complexity index is 1490. The topological polar surface area (TPSA) is 134 Å². The molecule has 1 aromatic carbocycles. The smallest absolute Gasteiger partial charge is 0.226 e. The third kappa shape index (κ3) is 3.44. The number of nitrogens with one attached hydrogen (secondary N) is 1. The molecule has 3 aromatic heterocycles. The van der Waals surface area contributed by atoms with Crippen LogP contribution in [0.5, 0.6) is 0 Å². The van der Waals surface area contributed by atoms with Gasteiger partial charge in [0.1, 0.15) is 22.5 Å². The van der Waals surface area contributed by atoms with Crippen molar-refractivity contribution in [1.29, 1.82) is 5.26 Å². The van der Waals surface area contributed by atoms with Gasteiger partial charge in [0.25, 0.3) is 0 Å². The number of nitriles is 1. The zero-order chi connectivity index (χ0) is 23.2. The van der Waals surface area contributed by atoms with E-state index in [-0.39, 0.29) is 16.5 Å². The highest BCUT2D eigenvalue weighted by molar-refractivity contribution is 7.91. The van der Waals surface area contributed by atoms with Crippen LogP contribution in [0.2, 0.25) is 0 Å². The van der Waals surface area contributed by atoms with Crippen LogP contribution in [0.1, 0.15) is 30.7 Å². The number of sulfone groups is 1. The van der Waals surface area contributed by atoms with E-state index in [0.29, 0.717) is 40.4 Å². The Morgan fingerprint density at radius 2 is 1.97 bits per heavy atom. The molecular formula is C23H25N7O2S. The van der Waals surface area contributed by atoms with Gasteiger partial charge in [-0.25, -0.2) is 23.1 Å². The molecule has 5 rings (SSSR count). The first kappa shape index (κ1) is 21.4. The largest absolute Gasteiger partial charge is 0.346 e. The Balaban J connectivity index is 1.74. The average Bonchev–Trinajstić information content (AvgIpc) is 3.43. The van der Waals surface area contributed by atoms with Crippen molar-refractivity contribution < 1.29 is 8.42 Å². The second-order valence-electron chi connectivity index (χ2n) is 8.43. The van der Waals surface area contributed by atoms with Gasteiger partial charge in [-0.1, -0.05) is 18.2 Å². The van der Waals surface area contributed by atoms with E-state index >= 15 is 0 Å². The maximum Gasteiger partial charge on any atom is 0.226 e. The predicted molar refractivity (Wildman–Crippen MR) is 125 cm³/mol. The van der Waals surface area contributed by atoms with Gasteiger partial charge >= 0.3 is 0 Å². The lowest BCUT2D eigenvalue weighted by Gasteiger charge is -2.34. The molecule has 1 saturated heterocycles. The summed E-state index contributed by atoms with van der Waals surface area (Å²) in [6, 6.07) is 11.0. The number of nitrogens with two attached hydrogens (primary N) is 1. The molecule has 0 saturated carbocycles. The van der Waals surface area contributed by atoms with Crippen molar-refractivity contribution in [1.82, 2.24) is 19.6 Å². The first-order valence-electron chi connectivity index (χ1n) is 11.0. The third-order valence-electron chi connectivity index (χ3n) is 6.39. The van der Waals surface area contributed by atoms with Crippen molar-refractivity contribution in [2.24, 2.45) is 11.7 Å². The van der Waals surface area contributed by atoms with Crippen LogP contribution in [0.4, 0.5) is 0 Å². The van der Waals surface area contributed by atoms with E-state index in [1.54, 1.807) is 31.3 Å². The zero-order valence-electron chi connectivity index (χ0n) is 18.3. The van der Waals surface area contributed by atoms with Crippen LogP contribution >= 0.6 is 0 Å². The van der Waals surface area contributed by atoms with Crippen molar-refractivity contribution in [2.45, 2.75) is 42.7 Å². The standard InChI is InChI=1S/C23H25N7O2S/c1-15-4-2-3-5-18(15)33(31,32)23-20-21(17-7-11-26-22(17)28-23)30(19(14-25)27-20)29-12-8-16(6-10-24)9-13-29/h2-5,7,11,16H,6,8-9,12-14,25H2,1H3,(H,26,28). The molecule has 1 aliphatic heterocycles. The van der Waals surface area contributed by atoms with E-state index in [9.17, 15) is 8.42 Å². The molecule has 9 nitrogen and oxygen atoms in total. The molecule has 10 heteroatoms. The fourth-order valence-corrected chi connectivity index (χ4v) is 6.25. The lowest BCUT2D eigenvalue weighted by molar-refractivity contribution is 0.368. The van der Waals surface area contributed by atoms with Crippen LogP contribution in [0.25, 0.3) is 22.1 Å². The fourth-order valence-electron chi connectivity index (χ4n) is 4.69. The molecular weight excluding hydrogens is 438 g/mol. The van der Waals surface area contributed by atoms with E-state index in [2.05, 4.69) is 21.0 Å². The second kappa shape index (κ2) is 8.17. The van der Waals surface area contributed by atoms with Crippen molar-refractivity contribution in [3.8, 4) is 6.07 Å². The number of hydrogen-bond donors (Lipinski definition) is 2. The highest BCUT2D eigenvalue weighted by Gasteiger charge is 2.31. The highest BCUT2D eigenvalue weighted by Crippen LogP contribution is 2.34. The summed E-state index contributed by atoms with van der Waals surface area (Å²) in [7, 11) is -3.93. The Hall–Kier alpha value is -3.42. The number of rotatable bonds is 5. The molecule has 0 bridgehead atoms. The van der Waals surface area contributed by atoms with Gasteiger partial charge in [0.05, 0.1) is 17.5 Å². The number of aromatic amines is 1. The van der Waals surface area contributed by atoms with Gasteiger partial charge in [-0.05, 0) is 43.4 Å². The van der Waals surface area contributed by atoms with Crippen LogP contribution in [-0.4, -0.2) is 41.1 Å². The Kier molecular flexibility index (Phi) is 5.31. The number of benzene rings is 1. The SMILES string of the molecule is Cc1ccccc1S(=O)(=O)c1nc2[nH]ccc2c2c1nc(CN)n2N1CCC(CC#N)CC1. The minimum Gasteiger partial charge on any atom is -0.346 e. The van der Waals surface area contributed by atoms with E-state index in [1.807, 2.05) is 16.8 Å². The molecule has 0 amide bonds. The van der Waals surface area contributed by atoms with Gasteiger partial charge in [0.15, 0.2) is 5.03 Å². The summed E-state index contributed by atoms with van der Waals surface area (Å²) in [5.41, 5.74) is 8.23.